The zero-order valence-electron chi connectivity index (χ0n) is 13.8. The van der Waals surface area contributed by atoms with Crippen LogP contribution in [-0.2, 0) is 0 Å². The second-order valence-electron chi connectivity index (χ2n) is 8.23. The van der Waals surface area contributed by atoms with Gasteiger partial charge in [-0.05, 0) is 87.5 Å². The molecular formula is C20H33N. The van der Waals surface area contributed by atoms with Crippen LogP contribution < -0.4 is 5.32 Å². The van der Waals surface area contributed by atoms with Crippen LogP contribution in [-0.4, -0.2) is 12.6 Å². The van der Waals surface area contributed by atoms with E-state index >= 15 is 0 Å². The molecule has 0 saturated heterocycles. The van der Waals surface area contributed by atoms with Crippen molar-refractivity contribution in [3.8, 4) is 0 Å². The molecule has 0 aliphatic heterocycles. The minimum atomic E-state index is 0.751. The van der Waals surface area contributed by atoms with Crippen molar-refractivity contribution in [2.75, 3.05) is 6.54 Å². The van der Waals surface area contributed by atoms with Gasteiger partial charge >= 0.3 is 0 Å². The predicted molar refractivity (Wildman–Crippen MR) is 89.2 cm³/mol. The molecule has 2 bridgehead atoms. The van der Waals surface area contributed by atoms with Crippen LogP contribution >= 0.6 is 0 Å². The molecule has 0 radical (unpaired) electrons. The Hall–Kier alpha value is -0.300. The number of fused-ring (bicyclic) bond motifs is 5. The zero-order chi connectivity index (χ0) is 14.2. The summed E-state index contributed by atoms with van der Waals surface area (Å²) < 4.78 is 0. The molecule has 4 aliphatic carbocycles. The van der Waals surface area contributed by atoms with Crippen LogP contribution in [0.2, 0.25) is 0 Å². The zero-order valence-corrected chi connectivity index (χ0v) is 13.8. The van der Waals surface area contributed by atoms with Gasteiger partial charge in [-0.1, -0.05) is 31.4 Å². The largest absolute Gasteiger partial charge is 0.310 e. The van der Waals surface area contributed by atoms with Gasteiger partial charge in [-0.3, -0.25) is 0 Å². The molecular weight excluding hydrogens is 254 g/mol. The molecule has 0 amide bonds. The molecule has 0 heterocycles. The lowest BCUT2D eigenvalue weighted by Gasteiger charge is -2.26. The van der Waals surface area contributed by atoms with Crippen LogP contribution in [0.3, 0.4) is 0 Å². The van der Waals surface area contributed by atoms with Crippen molar-refractivity contribution >= 4 is 0 Å². The van der Waals surface area contributed by atoms with E-state index in [1.807, 2.05) is 5.57 Å². The summed E-state index contributed by atoms with van der Waals surface area (Å²) in [6.07, 6.45) is 17.1. The first-order chi connectivity index (χ1) is 10.4. The molecule has 1 heteroatoms. The smallest absolute Gasteiger partial charge is 0.0313 e. The molecule has 0 aromatic rings. The molecule has 1 nitrogen and oxygen atoms in total. The third-order valence-corrected chi connectivity index (χ3v) is 7.02. The van der Waals surface area contributed by atoms with Gasteiger partial charge in [-0.15, -0.1) is 0 Å². The monoisotopic (exact) mass is 287 g/mol. The summed E-state index contributed by atoms with van der Waals surface area (Å²) in [7, 11) is 0. The first-order valence-corrected chi connectivity index (χ1v) is 9.82. The summed E-state index contributed by atoms with van der Waals surface area (Å²) in [6, 6.07) is 0.751. The van der Waals surface area contributed by atoms with Crippen molar-refractivity contribution in [2.45, 2.75) is 77.2 Å². The van der Waals surface area contributed by atoms with Gasteiger partial charge in [0.2, 0.25) is 0 Å². The van der Waals surface area contributed by atoms with Crippen LogP contribution in [0.15, 0.2) is 11.6 Å². The summed E-state index contributed by atoms with van der Waals surface area (Å²) >= 11 is 0. The van der Waals surface area contributed by atoms with Gasteiger partial charge < -0.3 is 5.32 Å². The van der Waals surface area contributed by atoms with E-state index in [0.717, 1.165) is 35.6 Å². The molecule has 0 aromatic carbocycles. The summed E-state index contributed by atoms with van der Waals surface area (Å²) in [4.78, 5) is 0. The fourth-order valence-electron chi connectivity index (χ4n) is 6.15. The van der Waals surface area contributed by atoms with Crippen molar-refractivity contribution in [2.24, 2.45) is 29.6 Å². The van der Waals surface area contributed by atoms with Gasteiger partial charge in [-0.2, -0.15) is 0 Å². The molecule has 4 rings (SSSR count). The molecule has 3 saturated carbocycles. The number of nitrogens with one attached hydrogen (secondary N) is 1. The van der Waals surface area contributed by atoms with E-state index in [1.165, 1.54) is 51.5 Å². The third-order valence-electron chi connectivity index (χ3n) is 7.02. The minimum Gasteiger partial charge on any atom is -0.310 e. The van der Waals surface area contributed by atoms with Crippen molar-refractivity contribution in [3.05, 3.63) is 11.6 Å². The van der Waals surface area contributed by atoms with E-state index in [2.05, 4.69) is 18.3 Å². The Morgan fingerprint density at radius 2 is 1.86 bits per heavy atom. The maximum atomic E-state index is 3.98. The fraction of sp³-hybridized carbons (Fsp3) is 0.900. The highest BCUT2D eigenvalue weighted by Gasteiger charge is 2.66. The van der Waals surface area contributed by atoms with Gasteiger partial charge in [-0.25, -0.2) is 0 Å². The average molecular weight is 287 g/mol. The van der Waals surface area contributed by atoms with Gasteiger partial charge in [0.25, 0.3) is 0 Å². The molecule has 5 unspecified atom stereocenters. The maximum absolute atomic E-state index is 3.98. The van der Waals surface area contributed by atoms with Crippen LogP contribution in [0.5, 0.6) is 0 Å². The van der Waals surface area contributed by atoms with Crippen molar-refractivity contribution in [1.29, 1.82) is 0 Å². The van der Waals surface area contributed by atoms with Crippen molar-refractivity contribution in [1.82, 2.24) is 5.32 Å². The SMILES string of the molecule is CCCNC(C1=CCCCCCC1)C1C2C3CCC(C3)C21. The Labute approximate surface area is 131 Å². The fourth-order valence-corrected chi connectivity index (χ4v) is 6.15. The van der Waals surface area contributed by atoms with E-state index in [4.69, 9.17) is 0 Å². The van der Waals surface area contributed by atoms with Crippen LogP contribution in [0.25, 0.3) is 0 Å². The minimum absolute atomic E-state index is 0.751. The first-order valence-electron chi connectivity index (χ1n) is 9.82. The van der Waals surface area contributed by atoms with Gasteiger partial charge in [0.15, 0.2) is 0 Å². The molecule has 4 aliphatic rings. The maximum Gasteiger partial charge on any atom is 0.0313 e. The lowest BCUT2D eigenvalue weighted by molar-refractivity contribution is 0.383. The van der Waals surface area contributed by atoms with Crippen LogP contribution in [0, 0.1) is 29.6 Å². The summed E-state index contributed by atoms with van der Waals surface area (Å²) in [5, 5.41) is 3.98. The quantitative estimate of drug-likeness (QED) is 0.707. The van der Waals surface area contributed by atoms with Crippen molar-refractivity contribution < 1.29 is 0 Å². The van der Waals surface area contributed by atoms with E-state index in [-0.39, 0.29) is 0 Å². The molecule has 21 heavy (non-hydrogen) atoms. The number of rotatable bonds is 5. The highest BCUT2D eigenvalue weighted by atomic mass is 15.0. The van der Waals surface area contributed by atoms with Crippen LogP contribution in [0.4, 0.5) is 0 Å². The molecule has 0 spiro atoms. The number of hydrogen-bond acceptors (Lipinski definition) is 1. The highest BCUT2D eigenvalue weighted by Crippen LogP contribution is 2.70. The van der Waals surface area contributed by atoms with Gasteiger partial charge in [0, 0.05) is 6.04 Å². The lowest BCUT2D eigenvalue weighted by Crippen LogP contribution is -2.36. The Balaban J connectivity index is 1.49. The first kappa shape index (κ1) is 14.3. The summed E-state index contributed by atoms with van der Waals surface area (Å²) in [5.74, 6) is 5.48. The molecule has 118 valence electrons. The van der Waals surface area contributed by atoms with Crippen LogP contribution in [0.1, 0.15) is 71.1 Å². The Morgan fingerprint density at radius 3 is 2.62 bits per heavy atom. The summed E-state index contributed by atoms with van der Waals surface area (Å²) in [5.41, 5.74) is 1.81. The second-order valence-corrected chi connectivity index (χ2v) is 8.23. The standard InChI is InChI=1S/C20H33N/c1-2-12-21-20(14-8-6-4-3-5-7-9-14)19-17-15-10-11-16(13-15)18(17)19/h8,15-21H,2-7,9-13H2,1H3. The second kappa shape index (κ2) is 6.07. The third kappa shape index (κ3) is 2.60. The van der Waals surface area contributed by atoms with E-state index in [0.29, 0.717) is 0 Å². The summed E-state index contributed by atoms with van der Waals surface area (Å²) in [6.45, 7) is 3.53. The normalized spacial score (nSPS) is 42.9. The molecule has 5 atom stereocenters. The van der Waals surface area contributed by atoms with Gasteiger partial charge in [0.05, 0.1) is 0 Å². The Bertz CT molecular complexity index is 383. The van der Waals surface area contributed by atoms with E-state index in [9.17, 15) is 0 Å². The van der Waals surface area contributed by atoms with Gasteiger partial charge in [0.1, 0.15) is 0 Å². The van der Waals surface area contributed by atoms with E-state index in [1.54, 1.807) is 19.3 Å². The Morgan fingerprint density at radius 1 is 1.10 bits per heavy atom. The predicted octanol–water partition coefficient (Wildman–Crippen LogP) is 4.93. The topological polar surface area (TPSA) is 12.0 Å². The highest BCUT2D eigenvalue weighted by molar-refractivity contribution is 5.24. The molecule has 3 fully saturated rings. The number of hydrogen-bond donors (Lipinski definition) is 1. The van der Waals surface area contributed by atoms with E-state index < -0.39 is 0 Å². The van der Waals surface area contributed by atoms with Crippen molar-refractivity contribution in [3.63, 3.8) is 0 Å². The lowest BCUT2D eigenvalue weighted by atomic mass is 9.88. The molecule has 1 N–H and O–H groups in total. The average Bonchev–Trinajstić information content (AvgIpc) is 2.87. The Kier molecular flexibility index (Phi) is 4.13. The number of allylic oxidation sites excluding steroid dienone is 1. The molecule has 0 aromatic heterocycles.